The average molecular weight is 619 g/mol. The highest BCUT2D eigenvalue weighted by Crippen LogP contribution is 2.30. The first-order chi connectivity index (χ1) is 19.5. The molecule has 0 aliphatic heterocycles. The summed E-state index contributed by atoms with van der Waals surface area (Å²) in [6.07, 6.45) is 2.00. The Hall–Kier alpha value is -3.07. The van der Waals surface area contributed by atoms with Gasteiger partial charge in [-0.25, -0.2) is 8.42 Å². The molecule has 0 heterocycles. The number of sulfonamides is 1. The molecule has 3 rings (SSSR count). The lowest BCUT2D eigenvalue weighted by molar-refractivity contribution is -0.140. The van der Waals surface area contributed by atoms with E-state index in [1.54, 1.807) is 68.4 Å². The van der Waals surface area contributed by atoms with Crippen LogP contribution in [0.3, 0.4) is 0 Å². The Morgan fingerprint density at radius 2 is 1.54 bits per heavy atom. The van der Waals surface area contributed by atoms with Crippen LogP contribution in [0.15, 0.2) is 71.6 Å². The molecule has 0 fully saturated rings. The predicted molar refractivity (Wildman–Crippen MR) is 166 cm³/mol. The molecule has 0 aliphatic rings. The summed E-state index contributed by atoms with van der Waals surface area (Å²) in [6.45, 7) is 7.36. The number of benzene rings is 3. The summed E-state index contributed by atoms with van der Waals surface area (Å²) in [7, 11) is -4.15. The van der Waals surface area contributed by atoms with Gasteiger partial charge in [-0.1, -0.05) is 85.4 Å². The van der Waals surface area contributed by atoms with Crippen LogP contribution in [0.4, 0.5) is 5.69 Å². The molecule has 220 valence electrons. The van der Waals surface area contributed by atoms with Crippen LogP contribution >= 0.6 is 23.2 Å². The Morgan fingerprint density at radius 1 is 0.902 bits per heavy atom. The molecule has 1 N–H and O–H groups in total. The summed E-state index contributed by atoms with van der Waals surface area (Å²) in [6, 6.07) is 17.6. The summed E-state index contributed by atoms with van der Waals surface area (Å²) in [5.74, 6) is -0.876. The molecule has 41 heavy (non-hydrogen) atoms. The van der Waals surface area contributed by atoms with E-state index in [-0.39, 0.29) is 17.3 Å². The minimum absolute atomic E-state index is 0.0594. The van der Waals surface area contributed by atoms with Crippen molar-refractivity contribution in [2.45, 2.75) is 64.4 Å². The Labute approximate surface area is 253 Å². The second-order valence-corrected chi connectivity index (χ2v) is 12.6. The van der Waals surface area contributed by atoms with Crippen LogP contribution in [-0.2, 0) is 26.2 Å². The Bertz CT molecular complexity index is 1440. The predicted octanol–water partition coefficient (Wildman–Crippen LogP) is 6.53. The number of hydrogen-bond donors (Lipinski definition) is 1. The molecule has 0 bridgehead atoms. The van der Waals surface area contributed by atoms with Gasteiger partial charge in [0.2, 0.25) is 11.8 Å². The molecular formula is C31H37Cl2N3O4S. The lowest BCUT2D eigenvalue weighted by atomic mass is 10.1. The Morgan fingerprint density at radius 3 is 2.12 bits per heavy atom. The number of nitrogens with one attached hydrogen (secondary N) is 1. The van der Waals surface area contributed by atoms with Crippen molar-refractivity contribution in [1.82, 2.24) is 10.2 Å². The van der Waals surface area contributed by atoms with E-state index in [9.17, 15) is 18.0 Å². The van der Waals surface area contributed by atoms with Gasteiger partial charge in [-0.3, -0.25) is 13.9 Å². The van der Waals surface area contributed by atoms with Gasteiger partial charge in [0, 0.05) is 28.7 Å². The van der Waals surface area contributed by atoms with E-state index in [4.69, 9.17) is 23.2 Å². The van der Waals surface area contributed by atoms with Crippen molar-refractivity contribution in [3.63, 3.8) is 0 Å². The molecular weight excluding hydrogens is 581 g/mol. The van der Waals surface area contributed by atoms with Crippen molar-refractivity contribution in [2.24, 2.45) is 0 Å². The second-order valence-electron chi connectivity index (χ2n) is 9.90. The van der Waals surface area contributed by atoms with E-state index in [1.165, 1.54) is 17.0 Å². The lowest BCUT2D eigenvalue weighted by Crippen LogP contribution is -2.52. The van der Waals surface area contributed by atoms with Gasteiger partial charge in [-0.15, -0.1) is 0 Å². The van der Waals surface area contributed by atoms with Crippen LogP contribution in [0, 0.1) is 13.8 Å². The number of unbranched alkanes of at least 4 members (excludes halogenated alkanes) is 1. The number of halogens is 2. The van der Waals surface area contributed by atoms with E-state index in [2.05, 4.69) is 5.32 Å². The number of hydrogen-bond acceptors (Lipinski definition) is 4. The molecule has 0 unspecified atom stereocenters. The summed E-state index contributed by atoms with van der Waals surface area (Å²) in [4.78, 5) is 28.9. The monoisotopic (exact) mass is 617 g/mol. The molecule has 7 nitrogen and oxygen atoms in total. The number of rotatable bonds is 13. The third kappa shape index (κ3) is 8.03. The van der Waals surface area contributed by atoms with Crippen LogP contribution < -0.4 is 9.62 Å². The maximum absolute atomic E-state index is 14.2. The van der Waals surface area contributed by atoms with Crippen molar-refractivity contribution in [1.29, 1.82) is 0 Å². The number of carbonyl (C=O) groups excluding carboxylic acids is 2. The van der Waals surface area contributed by atoms with Gasteiger partial charge in [-0.05, 0) is 62.6 Å². The van der Waals surface area contributed by atoms with E-state index in [0.29, 0.717) is 39.8 Å². The highest BCUT2D eigenvalue weighted by Gasteiger charge is 2.34. The quantitative estimate of drug-likeness (QED) is 0.221. The second kappa shape index (κ2) is 14.7. The summed E-state index contributed by atoms with van der Waals surface area (Å²) in [5, 5.41) is 3.60. The number of anilines is 1. The molecule has 0 saturated heterocycles. The zero-order valence-electron chi connectivity index (χ0n) is 23.9. The van der Waals surface area contributed by atoms with Gasteiger partial charge < -0.3 is 10.2 Å². The summed E-state index contributed by atoms with van der Waals surface area (Å²) in [5.41, 5.74) is 2.44. The van der Waals surface area contributed by atoms with Crippen molar-refractivity contribution < 1.29 is 18.0 Å². The fourth-order valence-electron chi connectivity index (χ4n) is 4.47. The number of nitrogens with zero attached hydrogens (tertiary/aromatic N) is 2. The molecule has 0 spiro atoms. The van der Waals surface area contributed by atoms with Gasteiger partial charge in [0.15, 0.2) is 0 Å². The lowest BCUT2D eigenvalue weighted by Gasteiger charge is -2.34. The molecule has 0 saturated carbocycles. The molecule has 0 radical (unpaired) electrons. The van der Waals surface area contributed by atoms with Crippen LogP contribution in [0.1, 0.15) is 49.8 Å². The minimum Gasteiger partial charge on any atom is -0.354 e. The summed E-state index contributed by atoms with van der Waals surface area (Å²) < 4.78 is 29.1. The molecule has 2 amide bonds. The number of amides is 2. The molecule has 0 aliphatic carbocycles. The van der Waals surface area contributed by atoms with E-state index in [1.807, 2.05) is 13.8 Å². The fraction of sp³-hybridized carbons (Fsp3) is 0.355. The van der Waals surface area contributed by atoms with Gasteiger partial charge in [0.25, 0.3) is 10.0 Å². The van der Waals surface area contributed by atoms with Crippen LogP contribution in [0.5, 0.6) is 0 Å². The number of para-hydroxylation sites is 1. The Balaban J connectivity index is 2.09. The van der Waals surface area contributed by atoms with Crippen molar-refractivity contribution >= 4 is 50.7 Å². The molecule has 0 aromatic heterocycles. The van der Waals surface area contributed by atoms with Crippen molar-refractivity contribution in [3.05, 3.63) is 93.5 Å². The maximum Gasteiger partial charge on any atom is 0.264 e. The van der Waals surface area contributed by atoms with Gasteiger partial charge in [-0.2, -0.15) is 0 Å². The smallest absolute Gasteiger partial charge is 0.264 e. The van der Waals surface area contributed by atoms with Gasteiger partial charge in [0.1, 0.15) is 12.6 Å². The van der Waals surface area contributed by atoms with Crippen molar-refractivity contribution in [3.8, 4) is 0 Å². The zero-order chi connectivity index (χ0) is 30.2. The zero-order valence-corrected chi connectivity index (χ0v) is 26.2. The minimum atomic E-state index is -4.15. The summed E-state index contributed by atoms with van der Waals surface area (Å²) >= 11 is 12.9. The third-order valence-corrected chi connectivity index (χ3v) is 9.36. The van der Waals surface area contributed by atoms with Gasteiger partial charge in [0.05, 0.1) is 10.6 Å². The normalized spacial score (nSPS) is 12.0. The van der Waals surface area contributed by atoms with E-state index in [0.717, 1.165) is 22.7 Å². The topological polar surface area (TPSA) is 86.8 Å². The first-order valence-corrected chi connectivity index (χ1v) is 15.9. The molecule has 1 atom stereocenters. The van der Waals surface area contributed by atoms with Gasteiger partial charge >= 0.3 is 0 Å². The molecule has 10 heteroatoms. The Kier molecular flexibility index (Phi) is 11.6. The van der Waals surface area contributed by atoms with Crippen LogP contribution in [-0.4, -0.2) is 44.3 Å². The van der Waals surface area contributed by atoms with Crippen LogP contribution in [0.25, 0.3) is 0 Å². The first-order valence-electron chi connectivity index (χ1n) is 13.7. The van der Waals surface area contributed by atoms with E-state index < -0.39 is 28.5 Å². The third-order valence-electron chi connectivity index (χ3n) is 6.88. The maximum atomic E-state index is 14.2. The average Bonchev–Trinajstić information content (AvgIpc) is 2.94. The fourth-order valence-corrected chi connectivity index (χ4v) is 6.47. The highest BCUT2D eigenvalue weighted by molar-refractivity contribution is 7.92. The number of aryl methyl sites for hydroxylation is 2. The number of carbonyl (C=O) groups is 2. The first kappa shape index (κ1) is 32.4. The van der Waals surface area contributed by atoms with E-state index >= 15 is 0 Å². The SMILES string of the molecule is CCCCNC(=O)[C@H](CC)N(Cc1c(Cl)cccc1Cl)C(=O)CN(c1ccccc1C)S(=O)(=O)c1ccc(C)cc1. The highest BCUT2D eigenvalue weighted by atomic mass is 35.5. The molecule has 3 aromatic carbocycles. The standard InChI is InChI=1S/C31H37Cl2N3O4S/c1-5-7-19-34-31(38)28(6-2)35(20-25-26(32)12-10-13-27(25)33)30(37)21-36(29-14-9-8-11-23(29)4)41(39,40)24-17-15-22(3)16-18-24/h8-18,28H,5-7,19-21H2,1-4H3,(H,34,38)/t28-/m0/s1. The largest absolute Gasteiger partial charge is 0.354 e. The van der Waals surface area contributed by atoms with Crippen molar-refractivity contribution in [2.75, 3.05) is 17.4 Å². The molecule has 3 aromatic rings. The van der Waals surface area contributed by atoms with Crippen LogP contribution in [0.2, 0.25) is 10.0 Å².